The second kappa shape index (κ2) is 7.55. The number of nitrogens with two attached hydrogens (primary N) is 1. The highest BCUT2D eigenvalue weighted by Gasteiger charge is 2.26. The number of carbonyl (C=O) groups is 2. The topological polar surface area (TPSA) is 110 Å². The van der Waals surface area contributed by atoms with Crippen LogP contribution in [0, 0.1) is 0 Å². The van der Waals surface area contributed by atoms with E-state index < -0.39 is 11.9 Å². The number of halogens is 2. The van der Waals surface area contributed by atoms with Gasteiger partial charge in [0.1, 0.15) is 0 Å². The van der Waals surface area contributed by atoms with Crippen molar-refractivity contribution in [3.63, 3.8) is 0 Å². The van der Waals surface area contributed by atoms with Gasteiger partial charge in [-0.05, 0) is 18.9 Å². The summed E-state index contributed by atoms with van der Waals surface area (Å²) in [6.07, 6.45) is 3.19. The minimum absolute atomic E-state index is 0.0128. The third-order valence-corrected chi connectivity index (χ3v) is 4.15. The van der Waals surface area contributed by atoms with Gasteiger partial charge in [0.2, 0.25) is 0 Å². The molecule has 0 saturated heterocycles. The van der Waals surface area contributed by atoms with Gasteiger partial charge in [-0.2, -0.15) is 5.10 Å². The summed E-state index contributed by atoms with van der Waals surface area (Å²) in [7, 11) is 0. The average molecular weight is 371 g/mol. The minimum atomic E-state index is -0.608. The lowest BCUT2D eigenvalue weighted by Crippen LogP contribution is -2.17. The molecule has 0 fully saturated rings. The number of carbonyl (C=O) groups excluding carboxylic acids is 2. The molecule has 1 aromatic carbocycles. The molecule has 2 aromatic rings. The van der Waals surface area contributed by atoms with E-state index in [1.54, 1.807) is 13.8 Å². The van der Waals surface area contributed by atoms with E-state index in [0.29, 0.717) is 17.5 Å². The van der Waals surface area contributed by atoms with Crippen molar-refractivity contribution in [3.05, 3.63) is 39.1 Å². The summed E-state index contributed by atoms with van der Waals surface area (Å²) < 4.78 is 5.01. The molecule has 0 aliphatic heterocycles. The van der Waals surface area contributed by atoms with Crippen LogP contribution in [0.2, 0.25) is 10.0 Å². The summed E-state index contributed by atoms with van der Waals surface area (Å²) in [6.45, 7) is 3.68. The molecule has 7 nitrogen and oxygen atoms in total. The van der Waals surface area contributed by atoms with Crippen molar-refractivity contribution < 1.29 is 14.3 Å². The SMILES string of the molecule is CCOC(=O)c1c(N)c(Cl)c(NC(=O)c2cn[nH]c2)c(Cl)c1CC. The summed E-state index contributed by atoms with van der Waals surface area (Å²) in [5.41, 5.74) is 7.03. The smallest absolute Gasteiger partial charge is 0.340 e. The normalized spacial score (nSPS) is 10.5. The Labute approximate surface area is 148 Å². The largest absolute Gasteiger partial charge is 0.462 e. The molecule has 0 spiro atoms. The number of nitrogens with one attached hydrogen (secondary N) is 2. The Kier molecular flexibility index (Phi) is 5.69. The van der Waals surface area contributed by atoms with Crippen molar-refractivity contribution in [2.24, 2.45) is 0 Å². The van der Waals surface area contributed by atoms with Crippen LogP contribution in [0.1, 0.15) is 40.1 Å². The molecule has 1 heterocycles. The maximum atomic E-state index is 12.2. The number of nitrogens with zero attached hydrogens (tertiary/aromatic N) is 1. The van der Waals surface area contributed by atoms with Crippen molar-refractivity contribution in [3.8, 4) is 0 Å². The van der Waals surface area contributed by atoms with Gasteiger partial charge in [0, 0.05) is 6.20 Å². The van der Waals surface area contributed by atoms with Gasteiger partial charge in [0.25, 0.3) is 5.91 Å². The molecule has 0 saturated carbocycles. The number of hydrogen-bond donors (Lipinski definition) is 3. The van der Waals surface area contributed by atoms with Gasteiger partial charge < -0.3 is 15.8 Å². The number of nitrogen functional groups attached to an aromatic ring is 1. The molecule has 0 aliphatic rings. The number of hydrogen-bond acceptors (Lipinski definition) is 5. The Balaban J connectivity index is 2.52. The van der Waals surface area contributed by atoms with Gasteiger partial charge in [-0.3, -0.25) is 9.89 Å². The molecule has 0 atom stereocenters. The number of benzene rings is 1. The molecule has 0 unspecified atom stereocenters. The summed E-state index contributed by atoms with van der Waals surface area (Å²) in [4.78, 5) is 24.3. The maximum absolute atomic E-state index is 12.2. The van der Waals surface area contributed by atoms with E-state index in [1.165, 1.54) is 12.4 Å². The fraction of sp³-hybridized carbons (Fsp3) is 0.267. The van der Waals surface area contributed by atoms with E-state index in [0.717, 1.165) is 0 Å². The first-order valence-corrected chi connectivity index (χ1v) is 7.94. The standard InChI is InChI=1S/C15H16Cl2N4O3/c1-3-8-9(15(23)24-4-2)12(18)11(17)13(10(8)16)21-14(22)7-5-19-20-6-7/h5-6H,3-4,18H2,1-2H3,(H,19,20)(H,21,22). The number of esters is 1. The van der Waals surface area contributed by atoms with Crippen LogP contribution in [0.4, 0.5) is 11.4 Å². The van der Waals surface area contributed by atoms with Crippen molar-refractivity contribution in [1.29, 1.82) is 0 Å². The molecule has 1 aromatic heterocycles. The zero-order valence-electron chi connectivity index (χ0n) is 13.1. The Hall–Kier alpha value is -2.25. The van der Waals surface area contributed by atoms with E-state index in [2.05, 4.69) is 15.5 Å². The molecule has 128 valence electrons. The van der Waals surface area contributed by atoms with Crippen LogP contribution in [0.5, 0.6) is 0 Å². The highest BCUT2D eigenvalue weighted by Crippen LogP contribution is 2.42. The Morgan fingerprint density at radius 3 is 2.58 bits per heavy atom. The number of aromatic amines is 1. The fourth-order valence-corrected chi connectivity index (χ4v) is 2.86. The van der Waals surface area contributed by atoms with E-state index in [9.17, 15) is 9.59 Å². The van der Waals surface area contributed by atoms with Crippen LogP contribution < -0.4 is 11.1 Å². The van der Waals surface area contributed by atoms with E-state index in [4.69, 9.17) is 33.7 Å². The highest BCUT2D eigenvalue weighted by molar-refractivity contribution is 6.43. The second-order valence-corrected chi connectivity index (χ2v) is 5.54. The Morgan fingerprint density at radius 2 is 2.04 bits per heavy atom. The van der Waals surface area contributed by atoms with Crippen LogP contribution in [0.3, 0.4) is 0 Å². The number of ether oxygens (including phenoxy) is 1. The van der Waals surface area contributed by atoms with Crippen molar-refractivity contribution >= 4 is 46.5 Å². The first kappa shape index (κ1) is 18.1. The number of H-pyrrole nitrogens is 1. The monoisotopic (exact) mass is 370 g/mol. The lowest BCUT2D eigenvalue weighted by atomic mass is 10.0. The number of anilines is 2. The Bertz CT molecular complexity index is 776. The number of rotatable bonds is 5. The van der Waals surface area contributed by atoms with Crippen molar-refractivity contribution in [2.75, 3.05) is 17.7 Å². The van der Waals surface area contributed by atoms with Crippen LogP contribution in [-0.2, 0) is 11.2 Å². The minimum Gasteiger partial charge on any atom is -0.462 e. The fourth-order valence-electron chi connectivity index (χ4n) is 2.20. The number of aromatic nitrogens is 2. The summed E-state index contributed by atoms with van der Waals surface area (Å²) in [5, 5.41) is 8.97. The first-order chi connectivity index (χ1) is 11.4. The molecule has 0 aliphatic carbocycles. The lowest BCUT2D eigenvalue weighted by molar-refractivity contribution is 0.0526. The van der Waals surface area contributed by atoms with Gasteiger partial charge in [0.15, 0.2) is 0 Å². The van der Waals surface area contributed by atoms with Gasteiger partial charge >= 0.3 is 5.97 Å². The molecule has 0 radical (unpaired) electrons. The summed E-state index contributed by atoms with van der Waals surface area (Å²) in [6, 6.07) is 0. The molecule has 0 bridgehead atoms. The van der Waals surface area contributed by atoms with Gasteiger partial charge in [-0.15, -0.1) is 0 Å². The van der Waals surface area contributed by atoms with Crippen molar-refractivity contribution in [1.82, 2.24) is 10.2 Å². The van der Waals surface area contributed by atoms with Gasteiger partial charge in [-0.25, -0.2) is 4.79 Å². The molecular weight excluding hydrogens is 355 g/mol. The third kappa shape index (κ3) is 3.32. The summed E-state index contributed by atoms with van der Waals surface area (Å²) in [5.74, 6) is -1.07. The zero-order valence-corrected chi connectivity index (χ0v) is 14.6. The molecule has 24 heavy (non-hydrogen) atoms. The quantitative estimate of drug-likeness (QED) is 0.552. The average Bonchev–Trinajstić information content (AvgIpc) is 3.09. The molecule has 9 heteroatoms. The molecular formula is C15H16Cl2N4O3. The Morgan fingerprint density at radius 1 is 1.33 bits per heavy atom. The number of amides is 1. The van der Waals surface area contributed by atoms with E-state index >= 15 is 0 Å². The lowest BCUT2D eigenvalue weighted by Gasteiger charge is -2.18. The van der Waals surface area contributed by atoms with Crippen LogP contribution in [0.15, 0.2) is 12.4 Å². The van der Waals surface area contributed by atoms with E-state index in [-0.39, 0.29) is 33.6 Å². The molecule has 2 rings (SSSR count). The third-order valence-electron chi connectivity index (χ3n) is 3.34. The highest BCUT2D eigenvalue weighted by atomic mass is 35.5. The van der Waals surface area contributed by atoms with Gasteiger partial charge in [0.05, 0.1) is 45.4 Å². The van der Waals surface area contributed by atoms with E-state index in [1.807, 2.05) is 0 Å². The predicted octanol–water partition coefficient (Wildman–Crippen LogP) is 3.29. The zero-order chi connectivity index (χ0) is 17.9. The van der Waals surface area contributed by atoms with Crippen LogP contribution in [-0.4, -0.2) is 28.7 Å². The molecule has 4 N–H and O–H groups in total. The summed E-state index contributed by atoms with van der Waals surface area (Å²) >= 11 is 12.6. The predicted molar refractivity (Wildman–Crippen MR) is 92.7 cm³/mol. The van der Waals surface area contributed by atoms with Gasteiger partial charge in [-0.1, -0.05) is 30.1 Å². The maximum Gasteiger partial charge on any atom is 0.340 e. The second-order valence-electron chi connectivity index (χ2n) is 4.79. The van der Waals surface area contributed by atoms with Crippen LogP contribution >= 0.6 is 23.2 Å². The van der Waals surface area contributed by atoms with Crippen molar-refractivity contribution in [2.45, 2.75) is 20.3 Å². The molecule has 1 amide bonds. The van der Waals surface area contributed by atoms with Crippen LogP contribution in [0.25, 0.3) is 0 Å². The first-order valence-electron chi connectivity index (χ1n) is 7.18.